The van der Waals surface area contributed by atoms with Crippen molar-refractivity contribution in [2.75, 3.05) is 11.6 Å². The van der Waals surface area contributed by atoms with Crippen LogP contribution in [0.3, 0.4) is 0 Å². The molecule has 7 heteroatoms. The number of thioether (sulfide) groups is 1. The summed E-state index contributed by atoms with van der Waals surface area (Å²) in [4.78, 5) is 28.0. The number of thiazole rings is 1. The number of nitrogens with one attached hydrogen (secondary N) is 2. The molecule has 0 aliphatic heterocycles. The summed E-state index contributed by atoms with van der Waals surface area (Å²) in [7, 11) is 0. The lowest BCUT2D eigenvalue weighted by Crippen LogP contribution is -2.28. The summed E-state index contributed by atoms with van der Waals surface area (Å²) >= 11 is 3.34. The van der Waals surface area contributed by atoms with Crippen LogP contribution in [-0.2, 0) is 18.7 Å². The molecule has 1 heterocycles. The Morgan fingerprint density at radius 2 is 2.26 bits per heavy atom. The fraction of sp³-hybridized carbons (Fsp3) is 0.312. The number of amides is 2. The topological polar surface area (TPSA) is 71.1 Å². The third kappa shape index (κ3) is 3.92. The Hall–Kier alpha value is -1.86. The van der Waals surface area contributed by atoms with Crippen LogP contribution < -0.4 is 10.6 Å². The monoisotopic (exact) mass is 347 g/mol. The summed E-state index contributed by atoms with van der Waals surface area (Å²) in [5.41, 5.74) is 3.36. The van der Waals surface area contributed by atoms with Gasteiger partial charge in [0, 0.05) is 28.8 Å². The van der Waals surface area contributed by atoms with E-state index in [4.69, 9.17) is 0 Å². The Morgan fingerprint density at radius 1 is 1.39 bits per heavy atom. The number of nitrogens with zero attached hydrogens (tertiary/aromatic N) is 1. The first-order valence-electron chi connectivity index (χ1n) is 7.29. The molecule has 0 spiro atoms. The van der Waals surface area contributed by atoms with E-state index in [0.717, 1.165) is 34.0 Å². The highest BCUT2D eigenvalue weighted by Gasteiger charge is 2.19. The minimum atomic E-state index is -0.270. The van der Waals surface area contributed by atoms with E-state index < -0.39 is 0 Å². The van der Waals surface area contributed by atoms with Crippen molar-refractivity contribution in [2.45, 2.75) is 25.1 Å². The third-order valence-electron chi connectivity index (χ3n) is 3.58. The van der Waals surface area contributed by atoms with Gasteiger partial charge in [0.1, 0.15) is 5.01 Å². The lowest BCUT2D eigenvalue weighted by Gasteiger charge is -2.08. The summed E-state index contributed by atoms with van der Waals surface area (Å²) < 4.78 is 0. The highest BCUT2D eigenvalue weighted by Crippen LogP contribution is 2.25. The highest BCUT2D eigenvalue weighted by molar-refractivity contribution is 7.97. The van der Waals surface area contributed by atoms with Gasteiger partial charge in [-0.25, -0.2) is 9.78 Å². The Bertz CT molecular complexity index is 743. The summed E-state index contributed by atoms with van der Waals surface area (Å²) in [5.74, 6) is 1.07. The predicted octanol–water partition coefficient (Wildman–Crippen LogP) is 3.46. The number of benzene rings is 1. The summed E-state index contributed by atoms with van der Waals surface area (Å²) in [6, 6.07) is 5.16. The first-order valence-corrected chi connectivity index (χ1v) is 9.56. The molecule has 2 N–H and O–H groups in total. The van der Waals surface area contributed by atoms with Gasteiger partial charge in [-0.2, -0.15) is 11.8 Å². The van der Waals surface area contributed by atoms with Gasteiger partial charge >= 0.3 is 6.03 Å². The molecule has 0 saturated heterocycles. The summed E-state index contributed by atoms with van der Waals surface area (Å²) in [6.45, 7) is 0.403. The smallest absolute Gasteiger partial charge is 0.319 e. The molecule has 23 heavy (non-hydrogen) atoms. The molecule has 0 radical (unpaired) electrons. The van der Waals surface area contributed by atoms with Crippen molar-refractivity contribution in [3.05, 3.63) is 45.4 Å². The maximum Gasteiger partial charge on any atom is 0.319 e. The molecule has 1 aliphatic rings. The molecule has 5 nitrogen and oxygen atoms in total. The number of hydrogen-bond acceptors (Lipinski definition) is 5. The summed E-state index contributed by atoms with van der Waals surface area (Å²) in [6.07, 6.45) is 3.35. The van der Waals surface area contributed by atoms with E-state index in [9.17, 15) is 9.59 Å². The molecule has 0 atom stereocenters. The third-order valence-corrected chi connectivity index (χ3v) is 5.22. The number of carbonyl (C=O) groups excluding carboxylic acids is 2. The van der Waals surface area contributed by atoms with Crippen LogP contribution in [0.25, 0.3) is 0 Å². The van der Waals surface area contributed by atoms with Gasteiger partial charge in [0.05, 0.1) is 12.2 Å². The largest absolute Gasteiger partial charge is 0.332 e. The van der Waals surface area contributed by atoms with Crippen LogP contribution in [0.5, 0.6) is 0 Å². The second kappa shape index (κ2) is 7.14. The number of aromatic nitrogens is 1. The van der Waals surface area contributed by atoms with Crippen molar-refractivity contribution in [1.82, 2.24) is 10.3 Å². The van der Waals surface area contributed by atoms with E-state index >= 15 is 0 Å². The van der Waals surface area contributed by atoms with Gasteiger partial charge in [-0.3, -0.25) is 4.79 Å². The van der Waals surface area contributed by atoms with Crippen LogP contribution in [0.15, 0.2) is 23.6 Å². The SMILES string of the molecule is CSCc1nc(CNC(=O)Nc2ccc3c(c2)CCC3=O)cs1. The zero-order valence-corrected chi connectivity index (χ0v) is 14.4. The van der Waals surface area contributed by atoms with Crippen molar-refractivity contribution in [3.63, 3.8) is 0 Å². The van der Waals surface area contributed by atoms with E-state index in [1.165, 1.54) is 0 Å². The molecule has 2 amide bonds. The minimum Gasteiger partial charge on any atom is -0.332 e. The van der Waals surface area contributed by atoms with Gasteiger partial charge < -0.3 is 10.6 Å². The van der Waals surface area contributed by atoms with E-state index in [1.54, 1.807) is 35.2 Å². The van der Waals surface area contributed by atoms with Gasteiger partial charge in [0.25, 0.3) is 0 Å². The molecule has 0 bridgehead atoms. The fourth-order valence-corrected chi connectivity index (χ4v) is 4.01. The number of ketones is 1. The van der Waals surface area contributed by atoms with Crippen LogP contribution in [0.4, 0.5) is 10.5 Å². The first kappa shape index (κ1) is 16.0. The molecule has 1 aliphatic carbocycles. The van der Waals surface area contributed by atoms with E-state index in [1.807, 2.05) is 17.7 Å². The number of rotatable bonds is 5. The maximum absolute atomic E-state index is 12.0. The molecule has 2 aromatic rings. The van der Waals surface area contributed by atoms with Gasteiger partial charge in [-0.1, -0.05) is 0 Å². The van der Waals surface area contributed by atoms with E-state index in [-0.39, 0.29) is 11.8 Å². The van der Waals surface area contributed by atoms with Gasteiger partial charge in [-0.05, 0) is 36.4 Å². The highest BCUT2D eigenvalue weighted by atomic mass is 32.2. The Morgan fingerprint density at radius 3 is 3.09 bits per heavy atom. The van der Waals surface area contributed by atoms with Gasteiger partial charge in [0.15, 0.2) is 5.78 Å². The van der Waals surface area contributed by atoms with Crippen LogP contribution in [0, 0.1) is 0 Å². The maximum atomic E-state index is 12.0. The number of carbonyl (C=O) groups is 2. The van der Waals surface area contributed by atoms with Crippen molar-refractivity contribution in [3.8, 4) is 0 Å². The number of aryl methyl sites for hydroxylation is 1. The first-order chi connectivity index (χ1) is 11.2. The molecule has 0 unspecified atom stereocenters. The Labute approximate surface area is 142 Å². The van der Waals surface area contributed by atoms with Crippen LogP contribution in [0.1, 0.15) is 33.0 Å². The number of hydrogen-bond donors (Lipinski definition) is 2. The lowest BCUT2D eigenvalue weighted by molar-refractivity contribution is 0.0994. The minimum absolute atomic E-state index is 0.181. The molecule has 3 rings (SSSR count). The van der Waals surface area contributed by atoms with E-state index in [2.05, 4.69) is 15.6 Å². The Balaban J connectivity index is 1.54. The molecular weight excluding hydrogens is 330 g/mol. The second-order valence-electron chi connectivity index (χ2n) is 5.27. The number of anilines is 1. The summed E-state index contributed by atoms with van der Waals surface area (Å²) in [5, 5.41) is 8.63. The van der Waals surface area contributed by atoms with Crippen molar-refractivity contribution in [2.24, 2.45) is 0 Å². The standard InChI is InChI=1S/C16H17N3O2S2/c1-22-9-15-18-12(8-23-15)7-17-16(21)19-11-3-4-13-10(6-11)2-5-14(13)20/h3-4,6,8H,2,5,7,9H2,1H3,(H2,17,19,21). The molecular formula is C16H17N3O2S2. The normalized spacial score (nSPS) is 13.0. The predicted molar refractivity (Wildman–Crippen MR) is 94.3 cm³/mol. The van der Waals surface area contributed by atoms with Gasteiger partial charge in [-0.15, -0.1) is 11.3 Å². The van der Waals surface area contributed by atoms with E-state index in [0.29, 0.717) is 18.7 Å². The lowest BCUT2D eigenvalue weighted by atomic mass is 10.1. The molecule has 0 saturated carbocycles. The Kier molecular flexibility index (Phi) is 4.97. The van der Waals surface area contributed by atoms with Crippen LogP contribution >= 0.6 is 23.1 Å². The quantitative estimate of drug-likeness (QED) is 0.869. The van der Waals surface area contributed by atoms with Crippen molar-refractivity contribution >= 4 is 40.6 Å². The molecule has 1 aromatic heterocycles. The average molecular weight is 347 g/mol. The van der Waals surface area contributed by atoms with Gasteiger partial charge in [0.2, 0.25) is 0 Å². The number of Topliss-reactive ketones (excluding diaryl/α,β-unsaturated/α-hetero) is 1. The zero-order chi connectivity index (χ0) is 16.2. The molecule has 120 valence electrons. The van der Waals surface area contributed by atoms with Crippen LogP contribution in [-0.4, -0.2) is 23.1 Å². The second-order valence-corrected chi connectivity index (χ2v) is 7.08. The van der Waals surface area contributed by atoms with Crippen molar-refractivity contribution in [1.29, 1.82) is 0 Å². The zero-order valence-electron chi connectivity index (χ0n) is 12.7. The van der Waals surface area contributed by atoms with Crippen molar-refractivity contribution < 1.29 is 9.59 Å². The average Bonchev–Trinajstić information content (AvgIpc) is 3.13. The van der Waals surface area contributed by atoms with Crippen LogP contribution in [0.2, 0.25) is 0 Å². The molecule has 0 fully saturated rings. The number of urea groups is 1. The fourth-order valence-electron chi connectivity index (χ4n) is 2.50. The molecule has 1 aromatic carbocycles. The number of fused-ring (bicyclic) bond motifs is 1.